The number of hydrogen-bond donors (Lipinski definition) is 2. The highest BCUT2D eigenvalue weighted by Crippen LogP contribution is 2.28. The SMILES string of the molecule is COc1ccc(Cl)cc1NC(=O)CCSc1nnc2c(n1)[nH]c1ccccc12. The van der Waals surface area contributed by atoms with Crippen molar-refractivity contribution >= 4 is 57.0 Å². The van der Waals surface area contributed by atoms with E-state index in [2.05, 4.69) is 25.5 Å². The molecule has 142 valence electrons. The molecule has 7 nitrogen and oxygen atoms in total. The number of amides is 1. The Morgan fingerprint density at radius 3 is 2.96 bits per heavy atom. The number of fused-ring (bicyclic) bond motifs is 3. The van der Waals surface area contributed by atoms with Gasteiger partial charge in [-0.2, -0.15) is 0 Å². The fourth-order valence-corrected chi connectivity index (χ4v) is 3.69. The van der Waals surface area contributed by atoms with Crippen LogP contribution in [0.15, 0.2) is 47.6 Å². The van der Waals surface area contributed by atoms with Crippen LogP contribution < -0.4 is 10.1 Å². The Morgan fingerprint density at radius 2 is 2.11 bits per heavy atom. The fraction of sp³-hybridized carbons (Fsp3) is 0.158. The van der Waals surface area contributed by atoms with Crippen LogP contribution in [-0.4, -0.2) is 38.9 Å². The average molecular weight is 414 g/mol. The van der Waals surface area contributed by atoms with Crippen molar-refractivity contribution in [2.24, 2.45) is 0 Å². The van der Waals surface area contributed by atoms with E-state index in [9.17, 15) is 4.79 Å². The molecule has 0 fully saturated rings. The monoisotopic (exact) mass is 413 g/mol. The van der Waals surface area contributed by atoms with Crippen molar-refractivity contribution in [2.45, 2.75) is 11.6 Å². The molecule has 0 aliphatic heterocycles. The minimum absolute atomic E-state index is 0.146. The number of aromatic amines is 1. The van der Waals surface area contributed by atoms with Crippen LogP contribution in [0.3, 0.4) is 0 Å². The number of para-hydroxylation sites is 1. The second-order valence-electron chi connectivity index (χ2n) is 5.95. The van der Waals surface area contributed by atoms with Crippen molar-refractivity contribution in [3.8, 4) is 5.75 Å². The van der Waals surface area contributed by atoms with E-state index >= 15 is 0 Å². The molecule has 0 aliphatic rings. The number of carbonyl (C=O) groups excluding carboxylic acids is 1. The van der Waals surface area contributed by atoms with E-state index in [0.29, 0.717) is 33.0 Å². The van der Waals surface area contributed by atoms with Crippen molar-refractivity contribution in [1.82, 2.24) is 20.2 Å². The number of aromatic nitrogens is 4. The van der Waals surface area contributed by atoms with Gasteiger partial charge in [-0.1, -0.05) is 41.6 Å². The van der Waals surface area contributed by atoms with Gasteiger partial charge < -0.3 is 15.0 Å². The van der Waals surface area contributed by atoms with Crippen LogP contribution in [-0.2, 0) is 4.79 Å². The van der Waals surface area contributed by atoms with Crippen LogP contribution in [0.1, 0.15) is 6.42 Å². The minimum Gasteiger partial charge on any atom is -0.495 e. The Bertz CT molecular complexity index is 1160. The lowest BCUT2D eigenvalue weighted by Crippen LogP contribution is -2.13. The summed E-state index contributed by atoms with van der Waals surface area (Å²) in [5.74, 6) is 0.928. The third kappa shape index (κ3) is 3.88. The number of ether oxygens (including phenoxy) is 1. The van der Waals surface area contributed by atoms with E-state index in [1.807, 2.05) is 24.3 Å². The second-order valence-corrected chi connectivity index (χ2v) is 7.45. The van der Waals surface area contributed by atoms with E-state index in [4.69, 9.17) is 16.3 Å². The Balaban J connectivity index is 1.39. The number of nitrogens with one attached hydrogen (secondary N) is 2. The lowest BCUT2D eigenvalue weighted by molar-refractivity contribution is -0.115. The number of H-pyrrole nitrogens is 1. The molecule has 4 rings (SSSR count). The number of thioether (sulfide) groups is 1. The maximum Gasteiger partial charge on any atom is 0.225 e. The first-order valence-electron chi connectivity index (χ1n) is 8.51. The predicted molar refractivity (Wildman–Crippen MR) is 111 cm³/mol. The van der Waals surface area contributed by atoms with Gasteiger partial charge in [0.1, 0.15) is 11.3 Å². The maximum atomic E-state index is 12.2. The molecule has 2 N–H and O–H groups in total. The highest BCUT2D eigenvalue weighted by atomic mass is 35.5. The molecule has 0 aliphatic carbocycles. The van der Waals surface area contributed by atoms with Crippen LogP contribution in [0.5, 0.6) is 5.75 Å². The number of nitrogens with zero attached hydrogens (tertiary/aromatic N) is 3. The molecule has 0 spiro atoms. The summed E-state index contributed by atoms with van der Waals surface area (Å²) in [6.45, 7) is 0. The number of methoxy groups -OCH3 is 1. The maximum absolute atomic E-state index is 12.2. The van der Waals surface area contributed by atoms with Gasteiger partial charge in [-0.3, -0.25) is 4.79 Å². The van der Waals surface area contributed by atoms with Crippen LogP contribution >= 0.6 is 23.4 Å². The molecule has 4 aromatic rings. The Morgan fingerprint density at radius 1 is 1.25 bits per heavy atom. The average Bonchev–Trinajstić information content (AvgIpc) is 3.06. The number of carbonyl (C=O) groups is 1. The standard InChI is InChI=1S/C19H16ClN5O2S/c1-27-15-7-6-11(20)10-14(15)21-16(26)8-9-28-19-23-18-17(24-25-19)12-4-2-3-5-13(12)22-18/h2-7,10H,8-9H2,1H3,(H,21,26)(H,22,23,25). The summed E-state index contributed by atoms with van der Waals surface area (Å²) in [6, 6.07) is 12.9. The van der Waals surface area contributed by atoms with Crippen molar-refractivity contribution in [1.29, 1.82) is 0 Å². The summed E-state index contributed by atoms with van der Waals surface area (Å²) in [5.41, 5.74) is 2.94. The molecule has 0 saturated carbocycles. The van der Waals surface area contributed by atoms with Crippen molar-refractivity contribution in [3.63, 3.8) is 0 Å². The zero-order chi connectivity index (χ0) is 19.5. The lowest BCUT2D eigenvalue weighted by Gasteiger charge is -2.10. The van der Waals surface area contributed by atoms with Crippen molar-refractivity contribution in [3.05, 3.63) is 47.5 Å². The van der Waals surface area contributed by atoms with E-state index in [0.717, 1.165) is 16.4 Å². The van der Waals surface area contributed by atoms with Gasteiger partial charge in [0.2, 0.25) is 11.1 Å². The van der Waals surface area contributed by atoms with Gasteiger partial charge in [0.15, 0.2) is 5.65 Å². The molecule has 0 saturated heterocycles. The van der Waals surface area contributed by atoms with Crippen LogP contribution in [0, 0.1) is 0 Å². The van der Waals surface area contributed by atoms with Gasteiger partial charge in [-0.15, -0.1) is 10.2 Å². The first kappa shape index (κ1) is 18.5. The Labute approximate surface area is 169 Å². The molecule has 2 aromatic carbocycles. The quantitative estimate of drug-likeness (QED) is 0.458. The first-order valence-corrected chi connectivity index (χ1v) is 9.88. The molecule has 0 bridgehead atoms. The van der Waals surface area contributed by atoms with Crippen molar-refractivity contribution < 1.29 is 9.53 Å². The molecular weight excluding hydrogens is 398 g/mol. The number of anilines is 1. The summed E-state index contributed by atoms with van der Waals surface area (Å²) in [5, 5.41) is 13.3. The van der Waals surface area contributed by atoms with Gasteiger partial charge in [0.25, 0.3) is 0 Å². The van der Waals surface area contributed by atoms with Crippen molar-refractivity contribution in [2.75, 3.05) is 18.2 Å². The molecule has 1 amide bonds. The molecule has 0 atom stereocenters. The van der Waals surface area contributed by atoms with Gasteiger partial charge in [0, 0.05) is 28.1 Å². The fourth-order valence-electron chi connectivity index (χ4n) is 2.79. The van der Waals surface area contributed by atoms with Crippen LogP contribution in [0.4, 0.5) is 5.69 Å². The first-order chi connectivity index (χ1) is 13.6. The highest BCUT2D eigenvalue weighted by molar-refractivity contribution is 7.99. The second kappa shape index (κ2) is 8.04. The topological polar surface area (TPSA) is 92.8 Å². The normalized spacial score (nSPS) is 11.1. The largest absolute Gasteiger partial charge is 0.495 e. The van der Waals surface area contributed by atoms with E-state index in [1.165, 1.54) is 11.8 Å². The minimum atomic E-state index is -0.146. The molecule has 2 aromatic heterocycles. The molecule has 2 heterocycles. The zero-order valence-corrected chi connectivity index (χ0v) is 16.5. The number of rotatable bonds is 6. The zero-order valence-electron chi connectivity index (χ0n) is 14.9. The van der Waals surface area contributed by atoms with E-state index < -0.39 is 0 Å². The van der Waals surface area contributed by atoms with E-state index in [-0.39, 0.29) is 12.3 Å². The molecule has 28 heavy (non-hydrogen) atoms. The summed E-state index contributed by atoms with van der Waals surface area (Å²) < 4.78 is 5.23. The van der Waals surface area contributed by atoms with Gasteiger partial charge >= 0.3 is 0 Å². The molecule has 0 unspecified atom stereocenters. The highest BCUT2D eigenvalue weighted by Gasteiger charge is 2.11. The van der Waals surface area contributed by atoms with Gasteiger partial charge in [-0.25, -0.2) is 4.98 Å². The van der Waals surface area contributed by atoms with Gasteiger partial charge in [0.05, 0.1) is 12.8 Å². The number of benzene rings is 2. The van der Waals surface area contributed by atoms with E-state index in [1.54, 1.807) is 25.3 Å². The Kier molecular flexibility index (Phi) is 5.31. The molecule has 0 radical (unpaired) electrons. The van der Waals surface area contributed by atoms with Crippen LogP contribution in [0.2, 0.25) is 5.02 Å². The number of hydrogen-bond acceptors (Lipinski definition) is 6. The Hall–Kier alpha value is -2.84. The summed E-state index contributed by atoms with van der Waals surface area (Å²) in [6.07, 6.45) is 0.286. The third-order valence-corrected chi connectivity index (χ3v) is 5.17. The summed E-state index contributed by atoms with van der Waals surface area (Å²) >= 11 is 7.36. The number of halogens is 1. The lowest BCUT2D eigenvalue weighted by atomic mass is 10.2. The van der Waals surface area contributed by atoms with Crippen LogP contribution in [0.25, 0.3) is 22.1 Å². The summed E-state index contributed by atoms with van der Waals surface area (Å²) in [4.78, 5) is 20.0. The molecular formula is C19H16ClN5O2S. The summed E-state index contributed by atoms with van der Waals surface area (Å²) in [7, 11) is 1.54. The molecule has 9 heteroatoms. The smallest absolute Gasteiger partial charge is 0.225 e. The predicted octanol–water partition coefficient (Wildman–Crippen LogP) is 4.29. The van der Waals surface area contributed by atoms with Gasteiger partial charge in [-0.05, 0) is 24.3 Å². The third-order valence-electron chi connectivity index (χ3n) is 4.10.